The third-order valence-electron chi connectivity index (χ3n) is 3.90. The second-order valence-corrected chi connectivity index (χ2v) is 5.93. The molecule has 144 valence electrons. The number of rotatable bonds is 6. The molecule has 0 aliphatic carbocycles. The first-order chi connectivity index (χ1) is 14.0. The van der Waals surface area contributed by atoms with Gasteiger partial charge in [-0.05, 0) is 35.9 Å². The minimum atomic E-state index is -0.544. The summed E-state index contributed by atoms with van der Waals surface area (Å²) >= 11 is 0. The van der Waals surface area contributed by atoms with Gasteiger partial charge in [0.1, 0.15) is 18.4 Å². The number of esters is 1. The first-order valence-corrected chi connectivity index (χ1v) is 8.48. The Labute approximate surface area is 165 Å². The number of hydrogen-bond donors (Lipinski definition) is 1. The van der Waals surface area contributed by atoms with Gasteiger partial charge in [0.25, 0.3) is 0 Å². The fourth-order valence-corrected chi connectivity index (χ4v) is 2.53. The van der Waals surface area contributed by atoms with E-state index in [1.54, 1.807) is 36.4 Å². The highest BCUT2D eigenvalue weighted by Gasteiger charge is 2.18. The number of nitriles is 1. The molecule has 0 saturated heterocycles. The molecule has 0 unspecified atom stereocenters. The Hall–Kier alpha value is -4.32. The van der Waals surface area contributed by atoms with Crippen LogP contribution in [0.3, 0.4) is 0 Å². The molecule has 1 aromatic carbocycles. The van der Waals surface area contributed by atoms with Crippen molar-refractivity contribution in [2.45, 2.75) is 13.5 Å². The number of aromatic nitrogens is 2. The van der Waals surface area contributed by atoms with Crippen LogP contribution < -0.4 is 5.32 Å². The summed E-state index contributed by atoms with van der Waals surface area (Å²) < 4.78 is 4.93. The van der Waals surface area contributed by atoms with E-state index in [2.05, 4.69) is 15.3 Å². The quantitative estimate of drug-likeness (QED) is 0.383. The summed E-state index contributed by atoms with van der Waals surface area (Å²) in [7, 11) is 0. The van der Waals surface area contributed by atoms with Gasteiger partial charge in [-0.1, -0.05) is 12.1 Å². The lowest BCUT2D eigenvalue weighted by Gasteiger charge is -2.10. The van der Waals surface area contributed by atoms with E-state index in [1.165, 1.54) is 25.3 Å². The van der Waals surface area contributed by atoms with Gasteiger partial charge in [0.05, 0.1) is 16.2 Å². The van der Waals surface area contributed by atoms with Gasteiger partial charge < -0.3 is 10.1 Å². The third-order valence-corrected chi connectivity index (χ3v) is 3.90. The van der Waals surface area contributed by atoms with E-state index in [0.29, 0.717) is 22.6 Å². The second kappa shape index (κ2) is 8.58. The Kier molecular flexibility index (Phi) is 5.75. The van der Waals surface area contributed by atoms with Gasteiger partial charge in [0.2, 0.25) is 5.82 Å². The maximum atomic E-state index is 11.4. The molecule has 29 heavy (non-hydrogen) atoms. The van der Waals surface area contributed by atoms with E-state index in [9.17, 15) is 20.2 Å². The molecule has 0 saturated carbocycles. The lowest BCUT2D eigenvalue weighted by Crippen LogP contribution is -2.02. The Balaban J connectivity index is 1.92. The molecule has 2 heterocycles. The normalized spacial score (nSPS) is 10.1. The molecule has 9 nitrogen and oxygen atoms in total. The van der Waals surface area contributed by atoms with Crippen molar-refractivity contribution < 1.29 is 14.5 Å². The van der Waals surface area contributed by atoms with Crippen LogP contribution in [0.2, 0.25) is 0 Å². The Bertz CT molecular complexity index is 1110. The van der Waals surface area contributed by atoms with Crippen molar-refractivity contribution in [2.24, 2.45) is 0 Å². The number of nitrogens with one attached hydrogen (secondary N) is 1. The van der Waals surface area contributed by atoms with E-state index >= 15 is 0 Å². The fraction of sp³-hybridized carbons (Fsp3) is 0.100. The van der Waals surface area contributed by atoms with E-state index in [1.807, 2.05) is 6.07 Å². The van der Waals surface area contributed by atoms with Crippen molar-refractivity contribution in [3.63, 3.8) is 0 Å². The maximum absolute atomic E-state index is 11.4. The smallest absolute Gasteiger partial charge is 0.311 e. The second-order valence-electron chi connectivity index (χ2n) is 5.93. The highest BCUT2D eigenvalue weighted by Crippen LogP contribution is 2.29. The first-order valence-electron chi connectivity index (χ1n) is 8.48. The molecule has 1 N–H and O–H groups in total. The average Bonchev–Trinajstić information content (AvgIpc) is 2.73. The van der Waals surface area contributed by atoms with Gasteiger partial charge in [-0.2, -0.15) is 5.26 Å². The maximum Gasteiger partial charge on any atom is 0.311 e. The minimum absolute atomic E-state index is 0.0229. The monoisotopic (exact) mass is 389 g/mol. The molecule has 3 rings (SSSR count). The van der Waals surface area contributed by atoms with Gasteiger partial charge in [-0.25, -0.2) is 4.98 Å². The minimum Gasteiger partial charge on any atom is -0.461 e. The number of nitro groups is 1. The van der Waals surface area contributed by atoms with E-state index < -0.39 is 4.92 Å². The molecular weight excluding hydrogens is 374 g/mol. The van der Waals surface area contributed by atoms with Crippen LogP contribution in [-0.2, 0) is 16.1 Å². The zero-order chi connectivity index (χ0) is 20.8. The third kappa shape index (κ3) is 4.70. The van der Waals surface area contributed by atoms with Crippen LogP contribution in [0.1, 0.15) is 18.1 Å². The number of benzene rings is 1. The van der Waals surface area contributed by atoms with E-state index in [0.717, 1.165) is 5.56 Å². The predicted molar refractivity (Wildman–Crippen MR) is 104 cm³/mol. The summed E-state index contributed by atoms with van der Waals surface area (Å²) in [6, 6.07) is 14.9. The first kappa shape index (κ1) is 19.4. The van der Waals surface area contributed by atoms with Crippen molar-refractivity contribution in [3.05, 3.63) is 76.0 Å². The van der Waals surface area contributed by atoms with Crippen LogP contribution in [0, 0.1) is 21.4 Å². The van der Waals surface area contributed by atoms with Crippen LogP contribution in [0.4, 0.5) is 17.2 Å². The Morgan fingerprint density at radius 1 is 1.24 bits per heavy atom. The molecule has 0 fully saturated rings. The summed E-state index contributed by atoms with van der Waals surface area (Å²) in [5, 5.41) is 23.6. The Morgan fingerprint density at radius 3 is 2.66 bits per heavy atom. The number of anilines is 2. The van der Waals surface area contributed by atoms with Gasteiger partial charge >= 0.3 is 11.7 Å². The molecule has 0 bridgehead atoms. The summed E-state index contributed by atoms with van der Waals surface area (Å²) in [6.45, 7) is 1.47. The van der Waals surface area contributed by atoms with Crippen molar-refractivity contribution in [2.75, 3.05) is 5.32 Å². The van der Waals surface area contributed by atoms with Crippen LogP contribution in [0.5, 0.6) is 0 Å². The van der Waals surface area contributed by atoms with Crippen molar-refractivity contribution in [1.29, 1.82) is 5.26 Å². The summed E-state index contributed by atoms with van der Waals surface area (Å²) in [6.07, 6.45) is 1.52. The molecule has 0 atom stereocenters. The zero-order valence-electron chi connectivity index (χ0n) is 15.3. The summed E-state index contributed by atoms with van der Waals surface area (Å²) in [5.74, 6) is -0.357. The van der Waals surface area contributed by atoms with Gasteiger partial charge in [0, 0.05) is 24.9 Å². The van der Waals surface area contributed by atoms with Crippen molar-refractivity contribution in [3.8, 4) is 17.5 Å². The molecule has 2 aromatic heterocycles. The molecule has 0 aliphatic rings. The largest absolute Gasteiger partial charge is 0.461 e. The average molecular weight is 389 g/mol. The SMILES string of the molecule is CC(=O)OCc1ccc(Nc2nc(-c3ncccc3C#N)ccc2[N+](=O)[O-])cc1. The van der Waals surface area contributed by atoms with Crippen LogP contribution >= 0.6 is 0 Å². The van der Waals surface area contributed by atoms with Crippen LogP contribution in [-0.4, -0.2) is 20.9 Å². The van der Waals surface area contributed by atoms with Crippen molar-refractivity contribution in [1.82, 2.24) is 9.97 Å². The standard InChI is InChI=1S/C20H15N5O4/c1-13(26)29-12-14-4-6-16(7-5-14)23-20-18(25(27)28)9-8-17(24-20)19-15(11-21)3-2-10-22-19/h2-10H,12H2,1H3,(H,23,24). The molecule has 0 spiro atoms. The number of pyridine rings is 2. The number of carbonyl (C=O) groups excluding carboxylic acids is 1. The highest BCUT2D eigenvalue weighted by atomic mass is 16.6. The molecule has 0 radical (unpaired) electrons. The summed E-state index contributed by atoms with van der Waals surface area (Å²) in [4.78, 5) is 30.2. The topological polar surface area (TPSA) is 131 Å². The lowest BCUT2D eigenvalue weighted by atomic mass is 10.1. The van der Waals surface area contributed by atoms with Crippen LogP contribution in [0.15, 0.2) is 54.7 Å². The highest BCUT2D eigenvalue weighted by molar-refractivity contribution is 5.71. The molecule has 9 heteroatoms. The molecule has 3 aromatic rings. The lowest BCUT2D eigenvalue weighted by molar-refractivity contribution is -0.384. The number of ether oxygens (including phenoxy) is 1. The summed E-state index contributed by atoms with van der Waals surface area (Å²) in [5.41, 5.74) is 2.10. The van der Waals surface area contributed by atoms with Gasteiger partial charge in [-0.3, -0.25) is 19.9 Å². The molecule has 0 aliphatic heterocycles. The number of nitrogens with zero attached hydrogens (tertiary/aromatic N) is 4. The number of hydrogen-bond acceptors (Lipinski definition) is 8. The van der Waals surface area contributed by atoms with E-state index in [-0.39, 0.29) is 24.1 Å². The number of carbonyl (C=O) groups is 1. The Morgan fingerprint density at radius 2 is 2.00 bits per heavy atom. The predicted octanol–water partition coefficient (Wildman–Crippen LogP) is 3.73. The molecular formula is C20H15N5O4. The van der Waals surface area contributed by atoms with Gasteiger partial charge in [-0.15, -0.1) is 0 Å². The van der Waals surface area contributed by atoms with Crippen molar-refractivity contribution >= 4 is 23.2 Å². The van der Waals surface area contributed by atoms with E-state index in [4.69, 9.17) is 4.74 Å². The van der Waals surface area contributed by atoms with Crippen LogP contribution in [0.25, 0.3) is 11.4 Å². The fourth-order valence-electron chi connectivity index (χ4n) is 2.53. The zero-order valence-corrected chi connectivity index (χ0v) is 15.3. The molecule has 0 amide bonds. The van der Waals surface area contributed by atoms with Gasteiger partial charge in [0.15, 0.2) is 0 Å².